The van der Waals surface area contributed by atoms with Gasteiger partial charge in [0.15, 0.2) is 0 Å². The van der Waals surface area contributed by atoms with Gasteiger partial charge >= 0.3 is 0 Å². The molecule has 0 bridgehead atoms. The van der Waals surface area contributed by atoms with Crippen molar-refractivity contribution in [3.05, 3.63) is 96.3 Å². The zero-order chi connectivity index (χ0) is 16.6. The Hall–Kier alpha value is -3.40. The predicted octanol–water partition coefficient (Wildman–Crippen LogP) is 3.91. The topological polar surface area (TPSA) is 46.4 Å². The van der Waals surface area contributed by atoms with Crippen LogP contribution in [-0.4, -0.2) is 16.7 Å². The van der Waals surface area contributed by atoms with Crippen molar-refractivity contribution in [2.24, 2.45) is 5.10 Å². The average Bonchev–Trinajstić information content (AvgIpc) is 3.17. The average molecular weight is 315 g/mol. The van der Waals surface area contributed by atoms with Crippen molar-refractivity contribution in [1.82, 2.24) is 9.99 Å². The summed E-state index contributed by atoms with van der Waals surface area (Å²) in [6.45, 7) is 0. The van der Waals surface area contributed by atoms with Gasteiger partial charge in [-0.15, -0.1) is 0 Å². The van der Waals surface area contributed by atoms with Crippen LogP contribution in [-0.2, 0) is 0 Å². The third kappa shape index (κ3) is 3.87. The molecular formula is C20H17N3O. The Labute approximate surface area is 140 Å². The number of nitrogens with zero attached hydrogens (tertiary/aromatic N) is 2. The highest BCUT2D eigenvalue weighted by atomic mass is 16.2. The number of aromatic nitrogens is 1. The van der Waals surface area contributed by atoms with Crippen LogP contribution in [0.3, 0.4) is 0 Å². The van der Waals surface area contributed by atoms with Gasteiger partial charge in [0.25, 0.3) is 5.91 Å². The van der Waals surface area contributed by atoms with E-state index in [1.807, 2.05) is 83.7 Å². The lowest BCUT2D eigenvalue weighted by molar-refractivity contribution is 0.0955. The molecule has 1 N–H and O–H groups in total. The number of amides is 1. The molecule has 0 atom stereocenters. The van der Waals surface area contributed by atoms with Gasteiger partial charge in [-0.1, -0.05) is 48.5 Å². The first kappa shape index (κ1) is 15.5. The van der Waals surface area contributed by atoms with Crippen molar-refractivity contribution < 1.29 is 4.79 Å². The fraction of sp³-hybridized carbons (Fsp3) is 0. The third-order valence-electron chi connectivity index (χ3n) is 3.45. The standard InChI is InChI=1S/C20H17N3O/c24-20(22-21-14-8-11-17-9-2-1-3-10-17)18-12-4-5-13-19(18)23-15-6-7-16-23/h1-16H,(H,22,24)/b11-8+,21-14+. The highest BCUT2D eigenvalue weighted by Gasteiger charge is 2.10. The summed E-state index contributed by atoms with van der Waals surface area (Å²) in [7, 11) is 0. The van der Waals surface area contributed by atoms with Crippen molar-refractivity contribution in [3.63, 3.8) is 0 Å². The number of carbonyl (C=O) groups excluding carboxylic acids is 1. The summed E-state index contributed by atoms with van der Waals surface area (Å²) < 4.78 is 1.90. The Bertz CT molecular complexity index is 850. The number of rotatable bonds is 5. The van der Waals surface area contributed by atoms with Crippen molar-refractivity contribution in [3.8, 4) is 5.69 Å². The first-order chi connectivity index (χ1) is 11.8. The molecule has 24 heavy (non-hydrogen) atoms. The maximum Gasteiger partial charge on any atom is 0.273 e. The molecule has 4 heteroatoms. The Morgan fingerprint density at radius 2 is 1.62 bits per heavy atom. The minimum absolute atomic E-state index is 0.247. The molecule has 0 saturated carbocycles. The number of benzene rings is 2. The van der Waals surface area contributed by atoms with Crippen LogP contribution in [0.15, 0.2) is 90.3 Å². The lowest BCUT2D eigenvalue weighted by Crippen LogP contribution is -2.19. The molecule has 3 rings (SSSR count). The second-order valence-electron chi connectivity index (χ2n) is 5.10. The summed E-state index contributed by atoms with van der Waals surface area (Å²) >= 11 is 0. The molecule has 0 saturated heterocycles. The monoisotopic (exact) mass is 315 g/mol. The van der Waals surface area contributed by atoms with Gasteiger partial charge in [-0.05, 0) is 35.9 Å². The van der Waals surface area contributed by atoms with Gasteiger partial charge in [-0.25, -0.2) is 5.43 Å². The first-order valence-electron chi connectivity index (χ1n) is 7.62. The van der Waals surface area contributed by atoms with Gasteiger partial charge in [0, 0.05) is 18.6 Å². The number of hydrogen-bond donors (Lipinski definition) is 1. The fourth-order valence-electron chi connectivity index (χ4n) is 2.30. The van der Waals surface area contributed by atoms with Gasteiger partial charge < -0.3 is 4.57 Å². The molecule has 1 heterocycles. The SMILES string of the molecule is O=C(N/N=C/C=C/c1ccccc1)c1ccccc1-n1cccc1. The van der Waals surface area contributed by atoms with E-state index < -0.39 is 0 Å². The van der Waals surface area contributed by atoms with Crippen LogP contribution in [0.5, 0.6) is 0 Å². The number of hydrogen-bond acceptors (Lipinski definition) is 2. The highest BCUT2D eigenvalue weighted by molar-refractivity contribution is 5.98. The van der Waals surface area contributed by atoms with E-state index >= 15 is 0 Å². The zero-order valence-electron chi connectivity index (χ0n) is 13.0. The summed E-state index contributed by atoms with van der Waals surface area (Å²) in [6.07, 6.45) is 9.07. The molecule has 0 spiro atoms. The van der Waals surface area contributed by atoms with Gasteiger partial charge in [0.1, 0.15) is 0 Å². The van der Waals surface area contributed by atoms with Crippen LogP contribution < -0.4 is 5.43 Å². The van der Waals surface area contributed by atoms with Crippen molar-refractivity contribution in [1.29, 1.82) is 0 Å². The van der Waals surface area contributed by atoms with Crippen molar-refractivity contribution >= 4 is 18.2 Å². The lowest BCUT2D eigenvalue weighted by Gasteiger charge is -2.08. The number of para-hydroxylation sites is 1. The van der Waals surface area contributed by atoms with Crippen molar-refractivity contribution in [2.45, 2.75) is 0 Å². The van der Waals surface area contributed by atoms with Gasteiger partial charge in [0.05, 0.1) is 11.3 Å². The Morgan fingerprint density at radius 3 is 2.42 bits per heavy atom. The van der Waals surface area contributed by atoms with E-state index in [1.54, 1.807) is 18.4 Å². The molecule has 1 aromatic heterocycles. The molecule has 4 nitrogen and oxygen atoms in total. The predicted molar refractivity (Wildman–Crippen MR) is 97.2 cm³/mol. The molecule has 118 valence electrons. The summed E-state index contributed by atoms with van der Waals surface area (Å²) in [6, 6.07) is 21.1. The molecule has 0 aliphatic heterocycles. The van der Waals surface area contributed by atoms with Crippen LogP contribution >= 0.6 is 0 Å². The quantitative estimate of drug-likeness (QED) is 0.563. The largest absolute Gasteiger partial charge is 0.323 e. The zero-order valence-corrected chi connectivity index (χ0v) is 13.0. The fourth-order valence-corrected chi connectivity index (χ4v) is 2.30. The highest BCUT2D eigenvalue weighted by Crippen LogP contribution is 2.14. The minimum atomic E-state index is -0.247. The van der Waals surface area contributed by atoms with Gasteiger partial charge in [-0.3, -0.25) is 4.79 Å². The lowest BCUT2D eigenvalue weighted by atomic mass is 10.1. The van der Waals surface area contributed by atoms with E-state index in [0.29, 0.717) is 5.56 Å². The molecular weight excluding hydrogens is 298 g/mol. The molecule has 2 aromatic carbocycles. The van der Waals surface area contributed by atoms with E-state index in [0.717, 1.165) is 11.3 Å². The van der Waals surface area contributed by atoms with Gasteiger partial charge in [-0.2, -0.15) is 5.10 Å². The summed E-state index contributed by atoms with van der Waals surface area (Å²) in [5.41, 5.74) is 5.01. The molecule has 0 fully saturated rings. The number of hydrazone groups is 1. The Morgan fingerprint density at radius 1 is 0.917 bits per heavy atom. The molecule has 0 radical (unpaired) electrons. The maximum absolute atomic E-state index is 12.3. The molecule has 0 unspecified atom stereocenters. The summed E-state index contributed by atoms with van der Waals surface area (Å²) in [4.78, 5) is 12.3. The van der Waals surface area contributed by atoms with E-state index in [9.17, 15) is 4.79 Å². The summed E-state index contributed by atoms with van der Waals surface area (Å²) in [5.74, 6) is -0.247. The smallest absolute Gasteiger partial charge is 0.273 e. The maximum atomic E-state index is 12.3. The van der Waals surface area contributed by atoms with Crippen molar-refractivity contribution in [2.75, 3.05) is 0 Å². The second-order valence-corrected chi connectivity index (χ2v) is 5.10. The van der Waals surface area contributed by atoms with E-state index in [2.05, 4.69) is 10.5 Å². The molecule has 1 amide bonds. The normalized spacial score (nSPS) is 11.2. The number of nitrogens with one attached hydrogen (secondary N) is 1. The molecule has 0 aliphatic carbocycles. The second kappa shape index (κ2) is 7.74. The van der Waals surface area contributed by atoms with Crippen LogP contribution in [0.2, 0.25) is 0 Å². The van der Waals surface area contributed by atoms with E-state index in [-0.39, 0.29) is 5.91 Å². The first-order valence-corrected chi connectivity index (χ1v) is 7.62. The molecule has 3 aromatic rings. The van der Waals surface area contributed by atoms with E-state index in [1.165, 1.54) is 0 Å². The van der Waals surface area contributed by atoms with Crippen LogP contribution in [0.25, 0.3) is 11.8 Å². The van der Waals surface area contributed by atoms with E-state index in [4.69, 9.17) is 0 Å². The molecule has 0 aliphatic rings. The third-order valence-corrected chi connectivity index (χ3v) is 3.45. The Balaban J connectivity index is 1.66. The summed E-state index contributed by atoms with van der Waals surface area (Å²) in [5, 5.41) is 3.96. The van der Waals surface area contributed by atoms with Gasteiger partial charge in [0.2, 0.25) is 0 Å². The van der Waals surface area contributed by atoms with Crippen LogP contribution in [0.1, 0.15) is 15.9 Å². The van der Waals surface area contributed by atoms with Crippen LogP contribution in [0.4, 0.5) is 0 Å². The number of carbonyl (C=O) groups is 1. The van der Waals surface area contributed by atoms with Crippen LogP contribution in [0, 0.1) is 0 Å². The minimum Gasteiger partial charge on any atom is -0.323 e. The number of allylic oxidation sites excluding steroid dienone is 1. The Kier molecular flexibility index (Phi) is 5.00.